The smallest absolute Gasteiger partial charge is 0.335 e. The third kappa shape index (κ3) is 3.79. The van der Waals surface area contributed by atoms with Crippen LogP contribution in [0.4, 0.5) is 5.69 Å². The molecule has 4 aromatic rings. The Bertz CT molecular complexity index is 1200. The van der Waals surface area contributed by atoms with Crippen molar-refractivity contribution < 1.29 is 19.4 Å². The van der Waals surface area contributed by atoms with Crippen LogP contribution in [-0.4, -0.2) is 34.1 Å². The number of amides is 1. The van der Waals surface area contributed by atoms with Gasteiger partial charge in [-0.15, -0.1) is 0 Å². The molecule has 0 fully saturated rings. The van der Waals surface area contributed by atoms with Crippen molar-refractivity contribution in [2.24, 2.45) is 0 Å². The first-order valence-electron chi connectivity index (χ1n) is 8.82. The highest BCUT2D eigenvalue weighted by molar-refractivity contribution is 6.06. The number of rotatable bonds is 5. The van der Waals surface area contributed by atoms with Gasteiger partial charge in [0.2, 0.25) is 0 Å². The van der Waals surface area contributed by atoms with Crippen molar-refractivity contribution in [3.8, 4) is 17.1 Å². The number of ether oxygens (including phenoxy) is 1. The third-order valence-corrected chi connectivity index (χ3v) is 4.50. The lowest BCUT2D eigenvalue weighted by Crippen LogP contribution is -2.11. The molecule has 1 heterocycles. The van der Waals surface area contributed by atoms with Gasteiger partial charge in [-0.25, -0.2) is 9.78 Å². The van der Waals surface area contributed by atoms with Crippen molar-refractivity contribution >= 4 is 28.6 Å². The molecule has 29 heavy (non-hydrogen) atoms. The molecule has 1 aromatic heterocycles. The molecule has 0 aliphatic heterocycles. The number of carboxylic acid groups (broad SMARTS) is 1. The number of carbonyl (C=O) groups excluding carboxylic acids is 1. The zero-order chi connectivity index (χ0) is 20.4. The van der Waals surface area contributed by atoms with Crippen molar-refractivity contribution in [2.75, 3.05) is 12.4 Å². The number of hydrogen-bond acceptors (Lipinski definition) is 4. The van der Waals surface area contributed by atoms with Crippen LogP contribution in [0, 0.1) is 0 Å². The Morgan fingerprint density at radius 1 is 0.966 bits per heavy atom. The standard InChI is InChI=1S/C22H17N3O4/c1-29-17-9-7-16(8-10-17)23-21(26)15-6-11-18-19(12-15)25-20(24-18)13-2-4-14(5-3-13)22(27)28/h2-12H,1H3,(H,23,26)(H,24,25)(H,27,28). The molecule has 3 N–H and O–H groups in total. The number of aromatic amines is 1. The number of benzene rings is 3. The average Bonchev–Trinajstić information content (AvgIpc) is 3.17. The van der Waals surface area contributed by atoms with Crippen LogP contribution in [0.25, 0.3) is 22.4 Å². The van der Waals surface area contributed by atoms with Gasteiger partial charge in [-0.05, 0) is 54.6 Å². The predicted molar refractivity (Wildman–Crippen MR) is 109 cm³/mol. The lowest BCUT2D eigenvalue weighted by Gasteiger charge is -2.06. The van der Waals surface area contributed by atoms with Gasteiger partial charge in [-0.3, -0.25) is 4.79 Å². The molecule has 0 aliphatic carbocycles. The van der Waals surface area contributed by atoms with E-state index in [1.165, 1.54) is 12.1 Å². The van der Waals surface area contributed by atoms with Crippen LogP contribution in [-0.2, 0) is 0 Å². The molecule has 7 heteroatoms. The van der Waals surface area contributed by atoms with E-state index in [0.717, 1.165) is 5.56 Å². The average molecular weight is 387 g/mol. The fourth-order valence-electron chi connectivity index (χ4n) is 2.94. The third-order valence-electron chi connectivity index (χ3n) is 4.50. The fourth-order valence-corrected chi connectivity index (χ4v) is 2.94. The Hall–Kier alpha value is -4.13. The minimum absolute atomic E-state index is 0.211. The maximum atomic E-state index is 12.6. The molecule has 0 unspecified atom stereocenters. The number of carboxylic acids is 1. The number of aromatic carboxylic acids is 1. The highest BCUT2D eigenvalue weighted by Crippen LogP contribution is 2.23. The van der Waals surface area contributed by atoms with Crippen LogP contribution in [0.3, 0.4) is 0 Å². The number of aromatic nitrogens is 2. The van der Waals surface area contributed by atoms with E-state index >= 15 is 0 Å². The van der Waals surface area contributed by atoms with E-state index < -0.39 is 5.97 Å². The Morgan fingerprint density at radius 3 is 2.31 bits per heavy atom. The number of fused-ring (bicyclic) bond motifs is 1. The van der Waals surface area contributed by atoms with Crippen molar-refractivity contribution in [3.63, 3.8) is 0 Å². The summed E-state index contributed by atoms with van der Waals surface area (Å²) in [7, 11) is 1.59. The second kappa shape index (κ2) is 7.47. The fraction of sp³-hybridized carbons (Fsp3) is 0.0455. The summed E-state index contributed by atoms with van der Waals surface area (Å²) in [4.78, 5) is 31.2. The van der Waals surface area contributed by atoms with Crippen molar-refractivity contribution in [1.29, 1.82) is 0 Å². The quantitative estimate of drug-likeness (QED) is 0.476. The van der Waals surface area contributed by atoms with Gasteiger partial charge in [0.25, 0.3) is 5.91 Å². The maximum absolute atomic E-state index is 12.6. The largest absolute Gasteiger partial charge is 0.497 e. The molecule has 7 nitrogen and oxygen atoms in total. The summed E-state index contributed by atoms with van der Waals surface area (Å²) in [5.41, 5.74) is 3.55. The summed E-state index contributed by atoms with van der Waals surface area (Å²) in [6.45, 7) is 0. The van der Waals surface area contributed by atoms with Gasteiger partial charge in [0.15, 0.2) is 0 Å². The van der Waals surface area contributed by atoms with Gasteiger partial charge in [-0.1, -0.05) is 12.1 Å². The van der Waals surface area contributed by atoms with Gasteiger partial charge < -0.3 is 20.1 Å². The van der Waals surface area contributed by atoms with Gasteiger partial charge in [0, 0.05) is 16.8 Å². The Labute approximate surface area is 166 Å². The van der Waals surface area contributed by atoms with E-state index in [1.807, 2.05) is 0 Å². The maximum Gasteiger partial charge on any atom is 0.335 e. The molecule has 0 atom stereocenters. The van der Waals surface area contributed by atoms with E-state index in [0.29, 0.717) is 33.9 Å². The van der Waals surface area contributed by atoms with E-state index in [2.05, 4.69) is 15.3 Å². The number of hydrogen-bond donors (Lipinski definition) is 3. The molecule has 0 bridgehead atoms. The SMILES string of the molecule is COc1ccc(NC(=O)c2ccc3nc(-c4ccc(C(=O)O)cc4)[nH]c3c2)cc1. The zero-order valence-electron chi connectivity index (χ0n) is 15.5. The zero-order valence-corrected chi connectivity index (χ0v) is 15.5. The number of nitrogens with one attached hydrogen (secondary N) is 2. The number of nitrogens with zero attached hydrogens (tertiary/aromatic N) is 1. The summed E-state index contributed by atoms with van der Waals surface area (Å²) >= 11 is 0. The number of anilines is 1. The molecule has 3 aromatic carbocycles. The lowest BCUT2D eigenvalue weighted by atomic mass is 10.1. The van der Waals surface area contributed by atoms with Crippen LogP contribution < -0.4 is 10.1 Å². The van der Waals surface area contributed by atoms with E-state index in [9.17, 15) is 9.59 Å². The number of H-pyrrole nitrogens is 1. The number of carbonyl (C=O) groups is 2. The highest BCUT2D eigenvalue weighted by atomic mass is 16.5. The molecule has 144 valence electrons. The molecule has 0 spiro atoms. The van der Waals surface area contributed by atoms with Crippen LogP contribution in [0.5, 0.6) is 5.75 Å². The number of methoxy groups -OCH3 is 1. The second-order valence-corrected chi connectivity index (χ2v) is 6.38. The first-order chi connectivity index (χ1) is 14.0. The number of imidazole rings is 1. The normalized spacial score (nSPS) is 10.7. The Kier molecular flexibility index (Phi) is 4.70. The molecule has 0 radical (unpaired) electrons. The van der Waals surface area contributed by atoms with Crippen molar-refractivity contribution in [3.05, 3.63) is 77.9 Å². The van der Waals surface area contributed by atoms with E-state index in [-0.39, 0.29) is 11.5 Å². The molecule has 4 rings (SSSR count). The predicted octanol–water partition coefficient (Wildman–Crippen LogP) is 4.19. The van der Waals surface area contributed by atoms with E-state index in [1.54, 1.807) is 61.7 Å². The molecule has 1 amide bonds. The Balaban J connectivity index is 1.57. The van der Waals surface area contributed by atoms with E-state index in [4.69, 9.17) is 9.84 Å². The monoisotopic (exact) mass is 387 g/mol. The Morgan fingerprint density at radius 2 is 1.66 bits per heavy atom. The summed E-state index contributed by atoms with van der Waals surface area (Å²) in [5, 5.41) is 11.9. The van der Waals surface area contributed by atoms with Crippen LogP contribution in [0.15, 0.2) is 66.7 Å². The minimum atomic E-state index is -0.978. The second-order valence-electron chi connectivity index (χ2n) is 6.38. The van der Waals surface area contributed by atoms with Gasteiger partial charge >= 0.3 is 5.97 Å². The van der Waals surface area contributed by atoms with Crippen LogP contribution in [0.2, 0.25) is 0 Å². The summed E-state index contributed by atoms with van der Waals surface area (Å²) in [5.74, 6) is 0.100. The van der Waals surface area contributed by atoms with Gasteiger partial charge in [0.1, 0.15) is 11.6 Å². The first kappa shape index (κ1) is 18.2. The molecular weight excluding hydrogens is 370 g/mol. The first-order valence-corrected chi connectivity index (χ1v) is 8.82. The van der Waals surface area contributed by atoms with Crippen molar-refractivity contribution in [1.82, 2.24) is 9.97 Å². The summed E-state index contributed by atoms with van der Waals surface area (Å²) < 4.78 is 5.11. The molecular formula is C22H17N3O4. The summed E-state index contributed by atoms with van der Waals surface area (Å²) in [6, 6.07) is 18.7. The lowest BCUT2D eigenvalue weighted by molar-refractivity contribution is 0.0696. The van der Waals surface area contributed by atoms with Crippen molar-refractivity contribution in [2.45, 2.75) is 0 Å². The molecule has 0 aliphatic rings. The van der Waals surface area contributed by atoms with Gasteiger partial charge in [-0.2, -0.15) is 0 Å². The molecule has 0 saturated heterocycles. The van der Waals surface area contributed by atoms with Crippen LogP contribution >= 0.6 is 0 Å². The van der Waals surface area contributed by atoms with Gasteiger partial charge in [0.05, 0.1) is 23.7 Å². The topological polar surface area (TPSA) is 104 Å². The summed E-state index contributed by atoms with van der Waals surface area (Å²) in [6.07, 6.45) is 0. The highest BCUT2D eigenvalue weighted by Gasteiger charge is 2.11. The minimum Gasteiger partial charge on any atom is -0.497 e. The molecule has 0 saturated carbocycles. The van der Waals surface area contributed by atoms with Crippen LogP contribution in [0.1, 0.15) is 20.7 Å².